The number of nitrogens with zero attached hydrogens (tertiary/aromatic N) is 1. The number of benzene rings is 1. The molecule has 1 aromatic carbocycles. The lowest BCUT2D eigenvalue weighted by Gasteiger charge is -2.39. The summed E-state index contributed by atoms with van der Waals surface area (Å²) in [5.41, 5.74) is 5.35. The molecule has 1 aliphatic heterocycles. The first-order chi connectivity index (χ1) is 11.7. The number of nitrogens with one attached hydrogen (secondary N) is 1. The van der Waals surface area contributed by atoms with Gasteiger partial charge in [0.1, 0.15) is 0 Å². The Kier molecular flexibility index (Phi) is 4.98. The lowest BCUT2D eigenvalue weighted by atomic mass is 9.69. The number of rotatable bonds is 3. The summed E-state index contributed by atoms with van der Waals surface area (Å²) in [6.45, 7) is 5.81. The highest BCUT2D eigenvalue weighted by Crippen LogP contribution is 2.52. The second-order valence-corrected chi connectivity index (χ2v) is 8.44. The van der Waals surface area contributed by atoms with E-state index in [9.17, 15) is 0 Å². The van der Waals surface area contributed by atoms with Gasteiger partial charge in [0.25, 0.3) is 0 Å². The van der Waals surface area contributed by atoms with Crippen LogP contribution < -0.4 is 5.32 Å². The SMILES string of the molecule is Clc1ccc(C2=C(CN3CCNCC3)CC3(CCCC3)CC2)cc1. The fraction of sp³-hybridized carbons (Fsp3) is 0.619. The number of piperazine rings is 1. The van der Waals surface area contributed by atoms with Crippen molar-refractivity contribution in [2.45, 2.75) is 44.9 Å². The monoisotopic (exact) mass is 344 g/mol. The molecular weight excluding hydrogens is 316 g/mol. The van der Waals surface area contributed by atoms with Gasteiger partial charge in [0.15, 0.2) is 0 Å². The highest BCUT2D eigenvalue weighted by atomic mass is 35.5. The predicted molar refractivity (Wildman–Crippen MR) is 102 cm³/mol. The first-order valence-electron chi connectivity index (χ1n) is 9.64. The second-order valence-electron chi connectivity index (χ2n) is 8.00. The van der Waals surface area contributed by atoms with Gasteiger partial charge in [-0.05, 0) is 60.8 Å². The molecule has 1 heterocycles. The predicted octanol–water partition coefficient (Wildman–Crippen LogP) is 4.74. The van der Waals surface area contributed by atoms with Gasteiger partial charge < -0.3 is 5.32 Å². The molecule has 1 N–H and O–H groups in total. The molecule has 2 nitrogen and oxygen atoms in total. The summed E-state index contributed by atoms with van der Waals surface area (Å²) in [7, 11) is 0. The average Bonchev–Trinajstić information content (AvgIpc) is 3.05. The summed E-state index contributed by atoms with van der Waals surface area (Å²) >= 11 is 6.11. The van der Waals surface area contributed by atoms with Crippen LogP contribution in [0.15, 0.2) is 29.8 Å². The Morgan fingerprint density at radius 1 is 1.00 bits per heavy atom. The first kappa shape index (κ1) is 16.6. The molecule has 130 valence electrons. The van der Waals surface area contributed by atoms with Crippen molar-refractivity contribution in [3.63, 3.8) is 0 Å². The summed E-state index contributed by atoms with van der Waals surface area (Å²) in [5.74, 6) is 0. The standard InChI is InChI=1S/C21H29ClN2/c22-19-5-3-17(4-6-19)20-7-10-21(8-1-2-9-21)15-18(20)16-24-13-11-23-12-14-24/h3-6,23H,1-2,7-16H2. The molecule has 2 fully saturated rings. The van der Waals surface area contributed by atoms with Crippen molar-refractivity contribution in [2.24, 2.45) is 5.41 Å². The molecule has 0 amide bonds. The van der Waals surface area contributed by atoms with Crippen molar-refractivity contribution in [2.75, 3.05) is 32.7 Å². The molecule has 1 saturated heterocycles. The summed E-state index contributed by atoms with van der Waals surface area (Å²) in [5, 5.41) is 4.32. The second kappa shape index (κ2) is 7.19. The van der Waals surface area contributed by atoms with E-state index >= 15 is 0 Å². The van der Waals surface area contributed by atoms with Crippen molar-refractivity contribution in [3.05, 3.63) is 40.4 Å². The molecule has 0 bridgehead atoms. The van der Waals surface area contributed by atoms with Gasteiger partial charge in [-0.25, -0.2) is 0 Å². The Morgan fingerprint density at radius 3 is 2.42 bits per heavy atom. The van der Waals surface area contributed by atoms with Crippen LogP contribution >= 0.6 is 11.6 Å². The highest BCUT2D eigenvalue weighted by molar-refractivity contribution is 6.30. The first-order valence-corrected chi connectivity index (χ1v) is 10.0. The third kappa shape index (κ3) is 3.56. The molecule has 0 aromatic heterocycles. The number of hydrogen-bond acceptors (Lipinski definition) is 2. The van der Waals surface area contributed by atoms with Crippen LogP contribution in [0.3, 0.4) is 0 Å². The molecule has 0 radical (unpaired) electrons. The molecular formula is C21H29ClN2. The maximum absolute atomic E-state index is 6.11. The maximum Gasteiger partial charge on any atom is 0.0406 e. The summed E-state index contributed by atoms with van der Waals surface area (Å²) in [4.78, 5) is 2.65. The molecule has 24 heavy (non-hydrogen) atoms. The Morgan fingerprint density at radius 2 is 1.71 bits per heavy atom. The van der Waals surface area contributed by atoms with Crippen molar-refractivity contribution in [3.8, 4) is 0 Å². The Hall–Kier alpha value is -0.830. The van der Waals surface area contributed by atoms with E-state index in [4.69, 9.17) is 11.6 Å². The van der Waals surface area contributed by atoms with E-state index < -0.39 is 0 Å². The molecule has 0 unspecified atom stereocenters. The zero-order valence-electron chi connectivity index (χ0n) is 14.6. The van der Waals surface area contributed by atoms with E-state index in [0.29, 0.717) is 5.41 Å². The van der Waals surface area contributed by atoms with Crippen LogP contribution in [0.4, 0.5) is 0 Å². The fourth-order valence-electron chi connectivity index (χ4n) is 5.06. The van der Waals surface area contributed by atoms with Crippen molar-refractivity contribution >= 4 is 17.2 Å². The zero-order chi connectivity index (χ0) is 16.4. The zero-order valence-corrected chi connectivity index (χ0v) is 15.4. The van der Waals surface area contributed by atoms with Crippen molar-refractivity contribution in [1.29, 1.82) is 0 Å². The van der Waals surface area contributed by atoms with Gasteiger partial charge in [-0.15, -0.1) is 0 Å². The summed E-state index contributed by atoms with van der Waals surface area (Å²) in [6, 6.07) is 8.54. The van der Waals surface area contributed by atoms with Gasteiger partial charge in [0.2, 0.25) is 0 Å². The van der Waals surface area contributed by atoms with Crippen LogP contribution in [0.5, 0.6) is 0 Å². The third-order valence-corrected chi connectivity index (χ3v) is 6.65. The Labute approximate surface area is 151 Å². The lowest BCUT2D eigenvalue weighted by molar-refractivity contribution is 0.225. The normalized spacial score (nSPS) is 24.7. The summed E-state index contributed by atoms with van der Waals surface area (Å²) in [6.07, 6.45) is 9.75. The molecule has 1 aromatic rings. The Balaban J connectivity index is 1.62. The van der Waals surface area contributed by atoms with E-state index in [1.807, 2.05) is 12.1 Å². The molecule has 4 rings (SSSR count). The number of hydrogen-bond donors (Lipinski definition) is 1. The minimum absolute atomic E-state index is 0.624. The molecule has 3 aliphatic rings. The van der Waals surface area contributed by atoms with Gasteiger partial charge in [0, 0.05) is 37.7 Å². The maximum atomic E-state index is 6.11. The van der Waals surface area contributed by atoms with Crippen LogP contribution in [0.1, 0.15) is 50.5 Å². The highest BCUT2D eigenvalue weighted by Gasteiger charge is 2.38. The average molecular weight is 345 g/mol. The van der Waals surface area contributed by atoms with Crippen LogP contribution in [-0.2, 0) is 0 Å². The lowest BCUT2D eigenvalue weighted by Crippen LogP contribution is -2.44. The minimum atomic E-state index is 0.624. The van der Waals surface area contributed by atoms with E-state index in [1.54, 1.807) is 11.1 Å². The van der Waals surface area contributed by atoms with Crippen LogP contribution in [0, 0.1) is 5.41 Å². The quantitative estimate of drug-likeness (QED) is 0.851. The van der Waals surface area contributed by atoms with Crippen LogP contribution in [0.2, 0.25) is 5.02 Å². The topological polar surface area (TPSA) is 15.3 Å². The van der Waals surface area contributed by atoms with Gasteiger partial charge in [0.05, 0.1) is 0 Å². The van der Waals surface area contributed by atoms with Gasteiger partial charge in [-0.2, -0.15) is 0 Å². The largest absolute Gasteiger partial charge is 0.314 e. The van der Waals surface area contributed by atoms with Gasteiger partial charge in [-0.3, -0.25) is 4.90 Å². The van der Waals surface area contributed by atoms with E-state index in [2.05, 4.69) is 22.3 Å². The van der Waals surface area contributed by atoms with E-state index in [-0.39, 0.29) is 0 Å². The Bertz CT molecular complexity index is 593. The molecule has 1 saturated carbocycles. The van der Waals surface area contributed by atoms with E-state index in [0.717, 1.165) is 18.1 Å². The summed E-state index contributed by atoms with van der Waals surface area (Å²) < 4.78 is 0. The number of allylic oxidation sites excluding steroid dienone is 1. The van der Waals surface area contributed by atoms with Gasteiger partial charge >= 0.3 is 0 Å². The molecule has 2 aliphatic carbocycles. The molecule has 1 spiro atoms. The molecule has 3 heteroatoms. The van der Waals surface area contributed by atoms with Crippen LogP contribution in [0.25, 0.3) is 5.57 Å². The fourth-order valence-corrected chi connectivity index (χ4v) is 5.18. The third-order valence-electron chi connectivity index (χ3n) is 6.40. The van der Waals surface area contributed by atoms with Crippen LogP contribution in [-0.4, -0.2) is 37.6 Å². The van der Waals surface area contributed by atoms with Crippen molar-refractivity contribution < 1.29 is 0 Å². The number of halogens is 1. The smallest absolute Gasteiger partial charge is 0.0406 e. The van der Waals surface area contributed by atoms with Crippen molar-refractivity contribution in [1.82, 2.24) is 10.2 Å². The minimum Gasteiger partial charge on any atom is -0.314 e. The molecule has 0 atom stereocenters. The van der Waals surface area contributed by atoms with Gasteiger partial charge in [-0.1, -0.05) is 42.1 Å². The van der Waals surface area contributed by atoms with E-state index in [1.165, 1.54) is 70.1 Å².